The Hall–Kier alpha value is -1.94. The number of hydrogen-bond acceptors (Lipinski definition) is 15. The van der Waals surface area contributed by atoms with Crippen LogP contribution in [0.5, 0.6) is 0 Å². The van der Waals surface area contributed by atoms with Crippen LogP contribution in [0.3, 0.4) is 0 Å². The summed E-state index contributed by atoms with van der Waals surface area (Å²) >= 11 is 0. The molecule has 0 aromatic rings. The van der Waals surface area contributed by atoms with Crippen molar-refractivity contribution in [2.45, 2.75) is 478 Å². The molecular weight excluding hydrogens is 1380 g/mol. The molecule has 4 unspecified atom stereocenters. The highest BCUT2D eigenvalue weighted by Crippen LogP contribution is 2.45. The van der Waals surface area contributed by atoms with E-state index in [0.29, 0.717) is 31.6 Å². The second-order valence-electron chi connectivity index (χ2n) is 32.2. The van der Waals surface area contributed by atoms with Crippen molar-refractivity contribution in [2.24, 2.45) is 17.8 Å². The zero-order chi connectivity index (χ0) is 77.9. The predicted octanol–water partition coefficient (Wildman–Crippen LogP) is 26.5. The number of rotatable bonds is 85. The van der Waals surface area contributed by atoms with Gasteiger partial charge in [0.05, 0.1) is 26.4 Å². The summed E-state index contributed by atoms with van der Waals surface area (Å²) in [4.78, 5) is 73.2. The molecule has 17 nitrogen and oxygen atoms in total. The van der Waals surface area contributed by atoms with Crippen LogP contribution in [-0.4, -0.2) is 96.7 Å². The van der Waals surface area contributed by atoms with Crippen LogP contribution in [0.25, 0.3) is 0 Å². The highest BCUT2D eigenvalue weighted by Gasteiger charge is 2.31. The first kappa shape index (κ1) is 104. The zero-order valence-electron chi connectivity index (χ0n) is 69.9. The quantitative estimate of drug-likeness (QED) is 0.0222. The van der Waals surface area contributed by atoms with Gasteiger partial charge in [0.1, 0.15) is 19.3 Å². The molecule has 630 valence electrons. The van der Waals surface area contributed by atoms with Crippen molar-refractivity contribution in [1.29, 1.82) is 0 Å². The van der Waals surface area contributed by atoms with Crippen LogP contribution < -0.4 is 0 Å². The van der Waals surface area contributed by atoms with E-state index in [2.05, 4.69) is 48.5 Å². The third-order valence-electron chi connectivity index (χ3n) is 21.1. The first-order chi connectivity index (χ1) is 51.3. The topological polar surface area (TPSA) is 237 Å². The fourth-order valence-electron chi connectivity index (χ4n) is 13.5. The second-order valence-corrected chi connectivity index (χ2v) is 35.1. The van der Waals surface area contributed by atoms with Crippen molar-refractivity contribution in [1.82, 2.24) is 0 Å². The Morgan fingerprint density at radius 2 is 0.481 bits per heavy atom. The van der Waals surface area contributed by atoms with Gasteiger partial charge in [0.25, 0.3) is 0 Å². The molecule has 0 spiro atoms. The molecule has 0 amide bonds. The predicted molar refractivity (Wildman–Crippen MR) is 437 cm³/mol. The van der Waals surface area contributed by atoms with E-state index in [1.807, 2.05) is 0 Å². The summed E-state index contributed by atoms with van der Waals surface area (Å²) in [6.45, 7) is 12.1. The van der Waals surface area contributed by atoms with Crippen molar-refractivity contribution >= 4 is 39.5 Å². The molecule has 106 heavy (non-hydrogen) atoms. The van der Waals surface area contributed by atoms with E-state index in [1.54, 1.807) is 0 Å². The van der Waals surface area contributed by atoms with E-state index < -0.39 is 97.5 Å². The van der Waals surface area contributed by atoms with E-state index in [9.17, 15) is 43.2 Å². The molecule has 0 fully saturated rings. The van der Waals surface area contributed by atoms with Gasteiger partial charge >= 0.3 is 39.5 Å². The SMILES string of the molecule is CCCCCCCCCCCCCCC(=O)O[C@H](COC(=O)CCCCCCCCCC(C)C)COP(=O)(O)OC[C@H](O)COP(=O)(O)OC[C@@H](COC(=O)CCCCCCCCCCCCCCCCCCCCC(C)CC)OC(=O)CCCCCCCCCCCCCCCCCCCCC(C)CC. The van der Waals surface area contributed by atoms with Crippen LogP contribution in [0.2, 0.25) is 0 Å². The standard InChI is InChI=1S/C87H170O17P2/c1-8-11-12-13-14-15-16-35-41-48-56-63-70-86(91)104-83(75-98-85(90)69-62-55-50-43-44-51-58-65-78(4)5)77-102-106(95,96)100-73-81(88)72-99-105(93,94)101-76-82(103-87(92)71-64-57-49-42-37-32-28-24-20-18-22-26-30-34-39-46-53-60-67-80(7)10-3)74-97-84(89)68-61-54-47-40-36-31-27-23-19-17-21-25-29-33-38-45-52-59-66-79(6)9-2/h78-83,88H,8-77H2,1-7H3,(H,93,94)(H,95,96)/t79?,80?,81-,82-,83-/m1/s1. The van der Waals surface area contributed by atoms with Gasteiger partial charge in [0.2, 0.25) is 0 Å². The largest absolute Gasteiger partial charge is 0.472 e. The van der Waals surface area contributed by atoms with E-state index in [-0.39, 0.29) is 25.7 Å². The number of ether oxygens (including phenoxy) is 4. The second kappa shape index (κ2) is 77.0. The molecular formula is C87H170O17P2. The molecule has 0 saturated heterocycles. The lowest BCUT2D eigenvalue weighted by Gasteiger charge is -2.21. The highest BCUT2D eigenvalue weighted by molar-refractivity contribution is 7.47. The summed E-state index contributed by atoms with van der Waals surface area (Å²) in [7, 11) is -9.93. The Bertz CT molecular complexity index is 2050. The van der Waals surface area contributed by atoms with Gasteiger partial charge in [-0.3, -0.25) is 37.3 Å². The summed E-state index contributed by atoms with van der Waals surface area (Å²) in [5.74, 6) is 0.345. The molecule has 0 aliphatic carbocycles. The maximum atomic E-state index is 13.2. The van der Waals surface area contributed by atoms with Crippen molar-refractivity contribution < 1.29 is 80.2 Å². The van der Waals surface area contributed by atoms with Gasteiger partial charge in [0, 0.05) is 25.7 Å². The molecule has 0 aromatic carbocycles. The monoisotopic (exact) mass is 1550 g/mol. The minimum atomic E-state index is -4.97. The summed E-state index contributed by atoms with van der Waals surface area (Å²) < 4.78 is 68.8. The number of aliphatic hydroxyl groups excluding tert-OH is 1. The van der Waals surface area contributed by atoms with Crippen molar-refractivity contribution in [3.63, 3.8) is 0 Å². The van der Waals surface area contributed by atoms with Crippen molar-refractivity contribution in [3.8, 4) is 0 Å². The van der Waals surface area contributed by atoms with Crippen molar-refractivity contribution in [2.75, 3.05) is 39.6 Å². The first-order valence-corrected chi connectivity index (χ1v) is 47.9. The fourth-order valence-corrected chi connectivity index (χ4v) is 15.1. The Labute approximate surface area is 651 Å². The van der Waals surface area contributed by atoms with Crippen LogP contribution in [0.4, 0.5) is 0 Å². The number of unbranched alkanes of at least 4 members (excludes halogenated alkanes) is 51. The Morgan fingerprint density at radius 1 is 0.274 bits per heavy atom. The maximum absolute atomic E-state index is 13.2. The van der Waals surface area contributed by atoms with Gasteiger partial charge in [-0.15, -0.1) is 0 Å². The number of phosphoric ester groups is 2. The fraction of sp³-hybridized carbons (Fsp3) is 0.954. The molecule has 0 heterocycles. The number of aliphatic hydroxyl groups is 1. The number of carbonyl (C=O) groups is 4. The lowest BCUT2D eigenvalue weighted by Crippen LogP contribution is -2.30. The maximum Gasteiger partial charge on any atom is 0.472 e. The average Bonchev–Trinajstić information content (AvgIpc) is 0.902. The summed E-state index contributed by atoms with van der Waals surface area (Å²) in [5, 5.41) is 10.7. The molecule has 0 saturated carbocycles. The smallest absolute Gasteiger partial charge is 0.462 e. The van der Waals surface area contributed by atoms with Gasteiger partial charge in [-0.2, -0.15) is 0 Å². The molecule has 0 aliphatic heterocycles. The number of hydrogen-bond donors (Lipinski definition) is 3. The first-order valence-electron chi connectivity index (χ1n) is 44.9. The molecule has 0 aromatic heterocycles. The van der Waals surface area contributed by atoms with Gasteiger partial charge in [0.15, 0.2) is 12.2 Å². The minimum absolute atomic E-state index is 0.107. The normalized spacial score (nSPS) is 14.4. The summed E-state index contributed by atoms with van der Waals surface area (Å²) in [5.41, 5.74) is 0. The molecule has 7 atom stereocenters. The Morgan fingerprint density at radius 3 is 0.717 bits per heavy atom. The molecule has 0 aliphatic rings. The van der Waals surface area contributed by atoms with E-state index in [4.69, 9.17) is 37.0 Å². The molecule has 0 rings (SSSR count). The van der Waals surface area contributed by atoms with E-state index in [0.717, 1.165) is 108 Å². The van der Waals surface area contributed by atoms with E-state index in [1.165, 1.54) is 263 Å². The summed E-state index contributed by atoms with van der Waals surface area (Å²) in [6, 6.07) is 0. The van der Waals surface area contributed by atoms with Crippen LogP contribution in [0.15, 0.2) is 0 Å². The van der Waals surface area contributed by atoms with E-state index >= 15 is 0 Å². The highest BCUT2D eigenvalue weighted by atomic mass is 31.2. The van der Waals surface area contributed by atoms with Gasteiger partial charge in [-0.05, 0) is 43.4 Å². The molecule has 0 bridgehead atoms. The van der Waals surface area contributed by atoms with Gasteiger partial charge in [-0.1, -0.05) is 408 Å². The van der Waals surface area contributed by atoms with Gasteiger partial charge < -0.3 is 33.8 Å². The van der Waals surface area contributed by atoms with Crippen LogP contribution >= 0.6 is 15.6 Å². The molecule has 3 N–H and O–H groups in total. The molecule has 19 heteroatoms. The Balaban J connectivity index is 5.19. The summed E-state index contributed by atoms with van der Waals surface area (Å²) in [6.07, 6.45) is 68.2. The third-order valence-corrected chi connectivity index (χ3v) is 23.0. The van der Waals surface area contributed by atoms with Crippen LogP contribution in [-0.2, 0) is 65.4 Å². The van der Waals surface area contributed by atoms with Crippen LogP contribution in [0, 0.1) is 17.8 Å². The third kappa shape index (κ3) is 77.4. The average molecular weight is 1550 g/mol. The minimum Gasteiger partial charge on any atom is -0.462 e. The molecule has 0 radical (unpaired) electrons. The lowest BCUT2D eigenvalue weighted by molar-refractivity contribution is -0.161. The van der Waals surface area contributed by atoms with Gasteiger partial charge in [-0.25, -0.2) is 9.13 Å². The zero-order valence-corrected chi connectivity index (χ0v) is 71.7. The van der Waals surface area contributed by atoms with Crippen molar-refractivity contribution in [3.05, 3.63) is 0 Å². The number of phosphoric acid groups is 2. The lowest BCUT2D eigenvalue weighted by atomic mass is 9.99. The number of esters is 4. The number of carbonyl (C=O) groups excluding carboxylic acids is 4. The van der Waals surface area contributed by atoms with Crippen LogP contribution in [0.1, 0.15) is 459 Å². The Kier molecular flexibility index (Phi) is 75.6.